The summed E-state index contributed by atoms with van der Waals surface area (Å²) in [7, 11) is 2.75. The van der Waals surface area contributed by atoms with Crippen LogP contribution in [0.2, 0.25) is 0 Å². The highest BCUT2D eigenvalue weighted by molar-refractivity contribution is 6.01. The Kier molecular flexibility index (Phi) is 8.87. The first kappa shape index (κ1) is 20.9. The molecule has 0 unspecified atom stereocenters. The smallest absolute Gasteiger partial charge is 0.320 e. The molecule has 0 saturated carbocycles. The first-order valence-electron chi connectivity index (χ1n) is 7.13. The van der Waals surface area contributed by atoms with E-state index in [1.807, 2.05) is 0 Å². The van der Waals surface area contributed by atoms with Crippen LogP contribution in [-0.2, 0) is 4.79 Å². The summed E-state index contributed by atoms with van der Waals surface area (Å²) in [6.07, 6.45) is 0.274. The maximum Gasteiger partial charge on any atom is 0.320 e. The molecule has 6 nitrogen and oxygen atoms in total. The van der Waals surface area contributed by atoms with Gasteiger partial charge in [0.2, 0.25) is 0 Å². The summed E-state index contributed by atoms with van der Waals surface area (Å²) in [5, 5.41) is 8.23. The van der Waals surface area contributed by atoms with Crippen molar-refractivity contribution in [1.82, 2.24) is 0 Å². The number of aliphatic carboxylic acids is 1. The van der Waals surface area contributed by atoms with Crippen molar-refractivity contribution in [3.63, 3.8) is 0 Å². The van der Waals surface area contributed by atoms with E-state index >= 15 is 0 Å². The molecule has 0 bridgehead atoms. The summed E-state index contributed by atoms with van der Waals surface area (Å²) in [5.74, 6) is -1.40. The number of nitrogens with two attached hydrogens (primary N) is 1. The maximum absolute atomic E-state index is 13.3. The number of carbonyl (C=O) groups excluding carboxylic acids is 1. The van der Waals surface area contributed by atoms with Gasteiger partial charge in [-0.3, -0.25) is 9.59 Å². The molecule has 0 aliphatic rings. The number of halogens is 1. The van der Waals surface area contributed by atoms with Crippen molar-refractivity contribution in [1.29, 1.82) is 0 Å². The summed E-state index contributed by atoms with van der Waals surface area (Å²) < 4.78 is 23.2. The Morgan fingerprint density at radius 3 is 2.13 bits per heavy atom. The molecule has 1 rings (SSSR count). The van der Waals surface area contributed by atoms with Gasteiger partial charge in [0, 0.05) is 6.42 Å². The monoisotopic (exact) mass is 329 g/mol. The van der Waals surface area contributed by atoms with Gasteiger partial charge in [-0.2, -0.15) is 0 Å². The molecular formula is C16H24FNO5. The zero-order chi connectivity index (χ0) is 18.2. The lowest BCUT2D eigenvalue weighted by Crippen LogP contribution is -2.34. The zero-order valence-electron chi connectivity index (χ0n) is 14.1. The van der Waals surface area contributed by atoms with E-state index < -0.39 is 17.8 Å². The number of carboxylic acid groups (broad SMARTS) is 1. The molecule has 23 heavy (non-hydrogen) atoms. The molecule has 0 radical (unpaired) electrons. The molecule has 130 valence electrons. The van der Waals surface area contributed by atoms with Gasteiger partial charge in [0.05, 0.1) is 14.2 Å². The van der Waals surface area contributed by atoms with Crippen LogP contribution in [0.15, 0.2) is 12.1 Å². The van der Waals surface area contributed by atoms with Gasteiger partial charge in [0.1, 0.15) is 17.4 Å². The van der Waals surface area contributed by atoms with Crippen LogP contribution in [0.25, 0.3) is 0 Å². The SMILES string of the molecule is CC(C)[C@H](N)C(=O)O.CCC(=O)c1c(OC)ccc(F)c1OC. The number of carboxylic acids is 1. The van der Waals surface area contributed by atoms with Crippen molar-refractivity contribution >= 4 is 11.8 Å². The van der Waals surface area contributed by atoms with Gasteiger partial charge in [-0.05, 0) is 18.1 Å². The summed E-state index contributed by atoms with van der Waals surface area (Å²) in [4.78, 5) is 21.6. The van der Waals surface area contributed by atoms with Crippen molar-refractivity contribution in [2.75, 3.05) is 14.2 Å². The van der Waals surface area contributed by atoms with E-state index in [1.165, 1.54) is 26.4 Å². The fourth-order valence-electron chi connectivity index (χ4n) is 1.63. The van der Waals surface area contributed by atoms with Gasteiger partial charge in [-0.25, -0.2) is 4.39 Å². The normalized spacial score (nSPS) is 11.3. The number of methoxy groups -OCH3 is 2. The lowest BCUT2D eigenvalue weighted by atomic mass is 10.1. The molecule has 0 saturated heterocycles. The minimum Gasteiger partial charge on any atom is -0.496 e. The average Bonchev–Trinajstić information content (AvgIpc) is 2.53. The number of carbonyl (C=O) groups is 2. The van der Waals surface area contributed by atoms with E-state index in [0.717, 1.165) is 0 Å². The topological polar surface area (TPSA) is 98.9 Å². The summed E-state index contributed by atoms with van der Waals surface area (Å²) in [5.41, 5.74) is 5.33. The Hall–Kier alpha value is -2.15. The van der Waals surface area contributed by atoms with E-state index in [2.05, 4.69) is 0 Å². The zero-order valence-corrected chi connectivity index (χ0v) is 14.1. The second kappa shape index (κ2) is 9.78. The molecule has 7 heteroatoms. The molecule has 0 heterocycles. The first-order valence-corrected chi connectivity index (χ1v) is 7.13. The van der Waals surface area contributed by atoms with E-state index in [1.54, 1.807) is 20.8 Å². The van der Waals surface area contributed by atoms with Crippen LogP contribution in [0, 0.1) is 11.7 Å². The lowest BCUT2D eigenvalue weighted by Gasteiger charge is -2.11. The van der Waals surface area contributed by atoms with Crippen LogP contribution in [-0.4, -0.2) is 37.1 Å². The molecule has 1 atom stereocenters. The highest BCUT2D eigenvalue weighted by Crippen LogP contribution is 2.32. The predicted molar refractivity (Wildman–Crippen MR) is 84.6 cm³/mol. The molecule has 1 aromatic rings. The van der Waals surface area contributed by atoms with Crippen molar-refractivity contribution < 1.29 is 28.6 Å². The third-order valence-corrected chi connectivity index (χ3v) is 3.10. The van der Waals surface area contributed by atoms with E-state index in [4.69, 9.17) is 20.3 Å². The minimum absolute atomic E-state index is 0.0208. The lowest BCUT2D eigenvalue weighted by molar-refractivity contribution is -0.139. The van der Waals surface area contributed by atoms with Crippen LogP contribution in [0.1, 0.15) is 37.6 Å². The standard InChI is InChI=1S/C11H13FO3.C5H11NO2/c1-4-8(13)10-9(14-2)6-5-7(12)11(10)15-3;1-3(2)4(6)5(7)8/h5-6H,4H2,1-3H3;3-4H,6H2,1-2H3,(H,7,8)/t;4-/m.0/s1. The second-order valence-electron chi connectivity index (χ2n) is 5.04. The average molecular weight is 329 g/mol. The fourth-order valence-corrected chi connectivity index (χ4v) is 1.63. The van der Waals surface area contributed by atoms with Gasteiger partial charge in [0.25, 0.3) is 0 Å². The van der Waals surface area contributed by atoms with Gasteiger partial charge in [0.15, 0.2) is 17.3 Å². The Morgan fingerprint density at radius 1 is 1.26 bits per heavy atom. The molecule has 0 amide bonds. The summed E-state index contributed by atoms with van der Waals surface area (Å²) in [6.45, 7) is 5.25. The number of Topliss-reactive ketones (excluding diaryl/α,β-unsaturated/α-hetero) is 1. The van der Waals surface area contributed by atoms with Crippen LogP contribution in [0.3, 0.4) is 0 Å². The molecule has 3 N–H and O–H groups in total. The number of benzene rings is 1. The molecule has 1 aromatic carbocycles. The second-order valence-corrected chi connectivity index (χ2v) is 5.04. The largest absolute Gasteiger partial charge is 0.496 e. The number of rotatable bonds is 6. The van der Waals surface area contributed by atoms with Crippen molar-refractivity contribution in [2.45, 2.75) is 33.2 Å². The van der Waals surface area contributed by atoms with E-state index in [0.29, 0.717) is 5.75 Å². The Bertz CT molecular complexity index is 546. The number of hydrogen-bond donors (Lipinski definition) is 2. The van der Waals surface area contributed by atoms with Crippen molar-refractivity contribution in [3.8, 4) is 11.5 Å². The third-order valence-electron chi connectivity index (χ3n) is 3.10. The minimum atomic E-state index is -0.931. The predicted octanol–water partition coefficient (Wildman–Crippen LogP) is 2.49. The Morgan fingerprint density at radius 2 is 1.83 bits per heavy atom. The van der Waals surface area contributed by atoms with Gasteiger partial charge in [-0.1, -0.05) is 20.8 Å². The van der Waals surface area contributed by atoms with Crippen LogP contribution < -0.4 is 15.2 Å². The van der Waals surface area contributed by atoms with Gasteiger partial charge >= 0.3 is 5.97 Å². The highest BCUT2D eigenvalue weighted by atomic mass is 19.1. The van der Waals surface area contributed by atoms with Crippen LogP contribution in [0.5, 0.6) is 11.5 Å². The third kappa shape index (κ3) is 5.86. The Balaban J connectivity index is 0.000000515. The van der Waals surface area contributed by atoms with E-state index in [-0.39, 0.29) is 29.4 Å². The number of hydrogen-bond acceptors (Lipinski definition) is 5. The number of ketones is 1. The molecule has 0 spiro atoms. The molecule has 0 aliphatic carbocycles. The van der Waals surface area contributed by atoms with Crippen LogP contribution >= 0.6 is 0 Å². The summed E-state index contributed by atoms with van der Waals surface area (Å²) in [6, 6.07) is 1.92. The van der Waals surface area contributed by atoms with Gasteiger partial charge < -0.3 is 20.3 Å². The van der Waals surface area contributed by atoms with Crippen molar-refractivity contribution in [2.24, 2.45) is 11.7 Å². The van der Waals surface area contributed by atoms with Crippen molar-refractivity contribution in [3.05, 3.63) is 23.5 Å². The quantitative estimate of drug-likeness (QED) is 0.778. The maximum atomic E-state index is 13.3. The highest BCUT2D eigenvalue weighted by Gasteiger charge is 2.20. The van der Waals surface area contributed by atoms with Crippen LogP contribution in [0.4, 0.5) is 4.39 Å². The Labute approximate surface area is 135 Å². The summed E-state index contributed by atoms with van der Waals surface area (Å²) >= 11 is 0. The fraction of sp³-hybridized carbons (Fsp3) is 0.500. The molecular weight excluding hydrogens is 305 g/mol. The molecule has 0 aromatic heterocycles. The first-order chi connectivity index (χ1) is 10.7. The molecule has 0 fully saturated rings. The van der Waals surface area contributed by atoms with E-state index in [9.17, 15) is 14.0 Å². The molecule has 0 aliphatic heterocycles. The van der Waals surface area contributed by atoms with Gasteiger partial charge in [-0.15, -0.1) is 0 Å². The number of ether oxygens (including phenoxy) is 2.